The Kier molecular flexibility index (Phi) is 4.70. The van der Waals surface area contributed by atoms with E-state index in [0.717, 1.165) is 25.5 Å². The third-order valence-electron chi connectivity index (χ3n) is 3.61. The first-order valence-corrected chi connectivity index (χ1v) is 9.03. The molecule has 1 aliphatic rings. The van der Waals surface area contributed by atoms with E-state index in [-0.39, 0.29) is 16.8 Å². The zero-order valence-corrected chi connectivity index (χ0v) is 13.0. The molecule has 2 rings (SSSR count). The average molecular weight is 316 g/mol. The summed E-state index contributed by atoms with van der Waals surface area (Å²) in [6.45, 7) is 0.494. The van der Waals surface area contributed by atoms with Crippen LogP contribution < -0.4 is 0 Å². The van der Waals surface area contributed by atoms with E-state index in [1.54, 1.807) is 17.0 Å². The molecule has 20 heavy (non-hydrogen) atoms. The first-order valence-electron chi connectivity index (χ1n) is 6.60. The highest BCUT2D eigenvalue weighted by molar-refractivity contribution is 7.90. The number of hydrogen-bond acceptors (Lipinski definition) is 3. The molecule has 0 aromatic heterocycles. The first kappa shape index (κ1) is 15.3. The van der Waals surface area contributed by atoms with Crippen LogP contribution in [0.2, 0.25) is 0 Å². The maximum Gasteiger partial charge on any atom is 0.254 e. The third-order valence-corrected chi connectivity index (χ3v) is 4.89. The molecule has 1 aromatic carbocycles. The van der Waals surface area contributed by atoms with Gasteiger partial charge < -0.3 is 4.90 Å². The smallest absolute Gasteiger partial charge is 0.254 e. The third kappa shape index (κ3) is 3.33. The largest absolute Gasteiger partial charge is 0.334 e. The lowest BCUT2D eigenvalue weighted by molar-refractivity contribution is 0.0597. The summed E-state index contributed by atoms with van der Waals surface area (Å²) >= 11 is 5.77. The highest BCUT2D eigenvalue weighted by atomic mass is 35.5. The molecular formula is C14H18ClNO3S. The lowest BCUT2D eigenvalue weighted by Crippen LogP contribution is -2.45. The van der Waals surface area contributed by atoms with Crippen molar-refractivity contribution in [3.63, 3.8) is 0 Å². The van der Waals surface area contributed by atoms with E-state index in [0.29, 0.717) is 18.0 Å². The Morgan fingerprint density at radius 3 is 2.60 bits per heavy atom. The van der Waals surface area contributed by atoms with E-state index >= 15 is 0 Å². The standard InChI is InChI=1S/C14H18ClNO3S/c1-20(18,19)13-7-2-4-11(10-13)14(17)16(9-8-15)12-5-3-6-12/h2,4,7,10,12H,3,5-6,8-9H2,1H3. The zero-order chi connectivity index (χ0) is 14.8. The minimum Gasteiger partial charge on any atom is -0.334 e. The molecule has 0 N–H and O–H groups in total. The average Bonchev–Trinajstić information content (AvgIpc) is 2.34. The highest BCUT2D eigenvalue weighted by Crippen LogP contribution is 2.26. The second-order valence-corrected chi connectivity index (χ2v) is 7.47. The summed E-state index contributed by atoms with van der Waals surface area (Å²) < 4.78 is 23.1. The van der Waals surface area contributed by atoms with Crippen LogP contribution in [0.5, 0.6) is 0 Å². The van der Waals surface area contributed by atoms with Crippen molar-refractivity contribution in [3.8, 4) is 0 Å². The first-order chi connectivity index (χ1) is 9.43. The predicted octanol–water partition coefficient (Wildman–Crippen LogP) is 2.32. The van der Waals surface area contributed by atoms with E-state index in [1.807, 2.05) is 0 Å². The van der Waals surface area contributed by atoms with Crippen LogP contribution >= 0.6 is 11.6 Å². The molecule has 1 fully saturated rings. The predicted molar refractivity (Wildman–Crippen MR) is 78.9 cm³/mol. The van der Waals surface area contributed by atoms with Gasteiger partial charge in [0.2, 0.25) is 0 Å². The maximum absolute atomic E-state index is 12.5. The van der Waals surface area contributed by atoms with Crippen molar-refractivity contribution in [2.24, 2.45) is 0 Å². The van der Waals surface area contributed by atoms with Crippen molar-refractivity contribution in [1.82, 2.24) is 4.90 Å². The van der Waals surface area contributed by atoms with Crippen molar-refractivity contribution in [2.75, 3.05) is 18.7 Å². The van der Waals surface area contributed by atoms with Gasteiger partial charge in [0.15, 0.2) is 9.84 Å². The summed E-state index contributed by atoms with van der Waals surface area (Å²) in [6.07, 6.45) is 4.25. The Morgan fingerprint density at radius 2 is 2.10 bits per heavy atom. The molecular weight excluding hydrogens is 298 g/mol. The number of benzene rings is 1. The molecule has 0 atom stereocenters. The van der Waals surface area contributed by atoms with Crippen LogP contribution in [0.25, 0.3) is 0 Å². The number of nitrogens with zero attached hydrogens (tertiary/aromatic N) is 1. The van der Waals surface area contributed by atoms with Gasteiger partial charge in [-0.3, -0.25) is 4.79 Å². The second-order valence-electron chi connectivity index (χ2n) is 5.07. The Bertz CT molecular complexity index is 596. The fourth-order valence-corrected chi connectivity index (χ4v) is 3.11. The van der Waals surface area contributed by atoms with E-state index in [4.69, 9.17) is 11.6 Å². The van der Waals surface area contributed by atoms with Crippen LogP contribution in [0.15, 0.2) is 29.2 Å². The summed E-state index contributed by atoms with van der Waals surface area (Å²) in [5, 5.41) is 0. The molecule has 0 unspecified atom stereocenters. The quantitative estimate of drug-likeness (QED) is 0.784. The fraction of sp³-hybridized carbons (Fsp3) is 0.500. The summed E-state index contributed by atoms with van der Waals surface area (Å²) in [4.78, 5) is 14.5. The lowest BCUT2D eigenvalue weighted by Gasteiger charge is -2.37. The zero-order valence-electron chi connectivity index (χ0n) is 11.4. The highest BCUT2D eigenvalue weighted by Gasteiger charge is 2.29. The van der Waals surface area contributed by atoms with E-state index in [9.17, 15) is 13.2 Å². The molecule has 1 saturated carbocycles. The van der Waals surface area contributed by atoms with Crippen LogP contribution in [0, 0.1) is 0 Å². The molecule has 0 saturated heterocycles. The van der Waals surface area contributed by atoms with Crippen LogP contribution in [0.1, 0.15) is 29.6 Å². The van der Waals surface area contributed by atoms with E-state index in [1.165, 1.54) is 12.1 Å². The number of halogens is 1. The minimum atomic E-state index is -3.31. The molecule has 1 amide bonds. The Hall–Kier alpha value is -1.07. The van der Waals surface area contributed by atoms with Gasteiger partial charge in [0, 0.05) is 30.3 Å². The van der Waals surface area contributed by atoms with Crippen LogP contribution in [0.3, 0.4) is 0 Å². The SMILES string of the molecule is CS(=O)(=O)c1cccc(C(=O)N(CCCl)C2CCC2)c1. The van der Waals surface area contributed by atoms with Gasteiger partial charge >= 0.3 is 0 Å². The van der Waals surface area contributed by atoms with Crippen molar-refractivity contribution >= 4 is 27.3 Å². The van der Waals surface area contributed by atoms with Crippen LogP contribution in [-0.2, 0) is 9.84 Å². The molecule has 6 heteroatoms. The van der Waals surface area contributed by atoms with Crippen LogP contribution in [-0.4, -0.2) is 43.9 Å². The van der Waals surface area contributed by atoms with E-state index in [2.05, 4.69) is 0 Å². The molecule has 1 aliphatic carbocycles. The lowest BCUT2D eigenvalue weighted by atomic mass is 9.91. The summed E-state index contributed by atoms with van der Waals surface area (Å²) in [7, 11) is -3.31. The van der Waals surface area contributed by atoms with Crippen molar-refractivity contribution in [3.05, 3.63) is 29.8 Å². The molecule has 4 nitrogen and oxygen atoms in total. The normalized spacial score (nSPS) is 15.7. The monoisotopic (exact) mass is 315 g/mol. The number of carbonyl (C=O) groups excluding carboxylic acids is 1. The van der Waals surface area contributed by atoms with Gasteiger partial charge in [-0.05, 0) is 37.5 Å². The molecule has 110 valence electrons. The minimum absolute atomic E-state index is 0.138. The second kappa shape index (κ2) is 6.14. The number of alkyl halides is 1. The van der Waals surface area contributed by atoms with Gasteiger partial charge in [-0.2, -0.15) is 0 Å². The molecule has 0 bridgehead atoms. The molecule has 1 aromatic rings. The van der Waals surface area contributed by atoms with E-state index < -0.39 is 9.84 Å². The number of amides is 1. The fourth-order valence-electron chi connectivity index (χ4n) is 2.26. The van der Waals surface area contributed by atoms with Crippen molar-refractivity contribution in [1.29, 1.82) is 0 Å². The topological polar surface area (TPSA) is 54.5 Å². The molecule has 0 spiro atoms. The van der Waals surface area contributed by atoms with Crippen molar-refractivity contribution < 1.29 is 13.2 Å². The number of rotatable bonds is 5. The van der Waals surface area contributed by atoms with Gasteiger partial charge in [-0.25, -0.2) is 8.42 Å². The summed E-state index contributed by atoms with van der Waals surface area (Å²) in [5.41, 5.74) is 0.407. The van der Waals surface area contributed by atoms with Gasteiger partial charge in [0.1, 0.15) is 0 Å². The summed E-state index contributed by atoms with van der Waals surface area (Å²) in [6, 6.07) is 6.43. The number of sulfone groups is 1. The Balaban J connectivity index is 2.27. The van der Waals surface area contributed by atoms with Crippen molar-refractivity contribution in [2.45, 2.75) is 30.2 Å². The molecule has 0 aliphatic heterocycles. The number of carbonyl (C=O) groups is 1. The van der Waals surface area contributed by atoms with Gasteiger partial charge in [-0.15, -0.1) is 11.6 Å². The summed E-state index contributed by atoms with van der Waals surface area (Å²) in [5.74, 6) is 0.245. The Morgan fingerprint density at radius 1 is 1.40 bits per heavy atom. The van der Waals surface area contributed by atoms with Gasteiger partial charge in [0.25, 0.3) is 5.91 Å². The molecule has 0 radical (unpaired) electrons. The number of hydrogen-bond donors (Lipinski definition) is 0. The maximum atomic E-state index is 12.5. The molecule has 0 heterocycles. The van der Waals surface area contributed by atoms with Gasteiger partial charge in [0.05, 0.1) is 4.90 Å². The van der Waals surface area contributed by atoms with Crippen LogP contribution in [0.4, 0.5) is 0 Å². The Labute approximate surface area is 124 Å². The van der Waals surface area contributed by atoms with Gasteiger partial charge in [-0.1, -0.05) is 6.07 Å².